The Hall–Kier alpha value is -2.94. The van der Waals surface area contributed by atoms with Crippen LogP contribution < -0.4 is 0 Å². The molecule has 8 heteroatoms. The van der Waals surface area contributed by atoms with Gasteiger partial charge in [0.25, 0.3) is 4.84 Å². The number of aliphatic hydroxyl groups excluding tert-OH is 1. The van der Waals surface area contributed by atoms with Crippen molar-refractivity contribution in [2.75, 3.05) is 13.1 Å². The fourth-order valence-corrected chi connectivity index (χ4v) is 4.03. The Morgan fingerprint density at radius 2 is 2.00 bits per heavy atom. The number of rotatable bonds is 4. The van der Waals surface area contributed by atoms with Gasteiger partial charge in [0, 0.05) is 24.7 Å². The molecule has 0 unspecified atom stereocenters. The highest BCUT2D eigenvalue weighted by Gasteiger charge is 2.20. The summed E-state index contributed by atoms with van der Waals surface area (Å²) in [6, 6.07) is 15.6. The minimum absolute atomic E-state index is 0.302. The summed E-state index contributed by atoms with van der Waals surface area (Å²) < 4.78 is 7.58. The molecule has 4 heterocycles. The van der Waals surface area contributed by atoms with Crippen LogP contribution in [0.2, 0.25) is 0 Å². The van der Waals surface area contributed by atoms with E-state index in [2.05, 4.69) is 15.0 Å². The number of nitrogens with zero attached hydrogens (tertiary/aromatic N) is 5. The van der Waals surface area contributed by atoms with Gasteiger partial charge in [0.2, 0.25) is 5.89 Å². The maximum absolute atomic E-state index is 9.93. The molecule has 1 aromatic carbocycles. The molecule has 1 aliphatic rings. The van der Waals surface area contributed by atoms with E-state index in [0.29, 0.717) is 23.9 Å². The molecule has 0 spiro atoms. The first-order valence-electron chi connectivity index (χ1n) is 9.97. The van der Waals surface area contributed by atoms with Crippen molar-refractivity contribution >= 4 is 23.1 Å². The highest BCUT2D eigenvalue weighted by Crippen LogP contribution is 2.31. The third kappa shape index (κ3) is 3.77. The Morgan fingerprint density at radius 1 is 1.13 bits per heavy atom. The van der Waals surface area contributed by atoms with Crippen LogP contribution in [0.4, 0.5) is 0 Å². The predicted molar refractivity (Wildman–Crippen MR) is 116 cm³/mol. The second-order valence-electron chi connectivity index (χ2n) is 7.47. The fourth-order valence-electron chi connectivity index (χ4n) is 3.85. The Morgan fingerprint density at radius 3 is 2.83 bits per heavy atom. The van der Waals surface area contributed by atoms with Crippen LogP contribution in [0.15, 0.2) is 59.1 Å². The number of aromatic nitrogens is 4. The van der Waals surface area contributed by atoms with Gasteiger partial charge in [-0.05, 0) is 49.3 Å². The van der Waals surface area contributed by atoms with Gasteiger partial charge in [-0.3, -0.25) is 9.88 Å². The van der Waals surface area contributed by atoms with E-state index < -0.39 is 0 Å². The van der Waals surface area contributed by atoms with E-state index in [4.69, 9.17) is 21.6 Å². The number of hydrogen-bond donors (Lipinski definition) is 1. The first-order chi connectivity index (χ1) is 14.7. The minimum atomic E-state index is -0.302. The van der Waals surface area contributed by atoms with Crippen LogP contribution in [-0.4, -0.2) is 48.9 Å². The summed E-state index contributed by atoms with van der Waals surface area (Å²) in [4.78, 5) is 11.6. The first-order valence-corrected chi connectivity index (χ1v) is 10.4. The van der Waals surface area contributed by atoms with E-state index in [1.165, 1.54) is 0 Å². The zero-order valence-corrected chi connectivity index (χ0v) is 17.1. The third-order valence-corrected chi connectivity index (χ3v) is 5.59. The van der Waals surface area contributed by atoms with E-state index in [0.717, 1.165) is 47.2 Å². The number of pyridine rings is 2. The van der Waals surface area contributed by atoms with Gasteiger partial charge in [-0.15, -0.1) is 5.10 Å². The molecule has 1 aliphatic heterocycles. The monoisotopic (exact) mass is 419 g/mol. The molecule has 0 aliphatic carbocycles. The van der Waals surface area contributed by atoms with Crippen molar-refractivity contribution in [3.8, 4) is 22.8 Å². The Bertz CT molecular complexity index is 1240. The predicted octanol–water partition coefficient (Wildman–Crippen LogP) is 3.90. The number of β-amino-alcohol motifs (C(OH)–C–C–N with tert-alkyl or cyclic N) is 1. The lowest BCUT2D eigenvalue weighted by atomic mass is 10.1. The molecule has 0 saturated carbocycles. The van der Waals surface area contributed by atoms with Crippen LogP contribution >= 0.6 is 12.2 Å². The molecule has 0 radical (unpaired) electrons. The second-order valence-corrected chi connectivity index (χ2v) is 7.82. The summed E-state index contributed by atoms with van der Waals surface area (Å²) in [6.07, 6.45) is 3.25. The molecule has 1 N–H and O–H groups in total. The number of fused-ring (bicyclic) bond motifs is 1. The number of hydrogen-bond acceptors (Lipinski definition) is 7. The standard InChI is InChI=1S/C22H21N5O2S/c28-15-6-5-11-26(13-15)14-27-22(30)29-21(25-27)17-12-20(19-9-3-4-10-23-19)24-18-8-2-1-7-16(17)18/h1-4,7-10,12,15,28H,5-6,11,13-14H2/t15-/m1/s1. The van der Waals surface area contributed by atoms with Crippen LogP contribution in [0, 0.1) is 4.84 Å². The Kier molecular flexibility index (Phi) is 5.12. The number of aliphatic hydroxyl groups is 1. The lowest BCUT2D eigenvalue weighted by molar-refractivity contribution is 0.0509. The molecule has 5 rings (SSSR count). The topological polar surface area (TPSA) is 80.2 Å². The van der Waals surface area contributed by atoms with Gasteiger partial charge in [0.05, 0.1) is 35.2 Å². The van der Waals surface area contributed by atoms with Crippen molar-refractivity contribution in [2.45, 2.75) is 25.6 Å². The van der Waals surface area contributed by atoms with Gasteiger partial charge in [-0.2, -0.15) is 0 Å². The zero-order valence-electron chi connectivity index (χ0n) is 16.3. The maximum Gasteiger partial charge on any atom is 0.288 e. The number of benzene rings is 1. The van der Waals surface area contributed by atoms with E-state index in [-0.39, 0.29) is 6.10 Å². The molecule has 1 atom stereocenters. The van der Waals surface area contributed by atoms with Crippen LogP contribution in [0.25, 0.3) is 33.7 Å². The van der Waals surface area contributed by atoms with Gasteiger partial charge in [-0.1, -0.05) is 24.3 Å². The van der Waals surface area contributed by atoms with Crippen LogP contribution in [0.1, 0.15) is 12.8 Å². The summed E-state index contributed by atoms with van der Waals surface area (Å²) in [6.45, 7) is 2.02. The summed E-state index contributed by atoms with van der Waals surface area (Å²) in [5, 5.41) is 15.5. The molecule has 4 aromatic rings. The smallest absolute Gasteiger partial charge is 0.288 e. The first kappa shape index (κ1) is 19.0. The molecule has 0 bridgehead atoms. The number of likely N-dealkylation sites (tertiary alicyclic amines) is 1. The van der Waals surface area contributed by atoms with Crippen LogP contribution in [0.3, 0.4) is 0 Å². The SMILES string of the molecule is O[C@@H]1CCCN(Cn2nc(-c3cc(-c4ccccn4)nc4ccccc34)oc2=S)C1. The van der Waals surface area contributed by atoms with E-state index in [9.17, 15) is 5.11 Å². The number of para-hydroxylation sites is 1. The lowest BCUT2D eigenvalue weighted by Gasteiger charge is -2.29. The van der Waals surface area contributed by atoms with Crippen LogP contribution in [-0.2, 0) is 6.67 Å². The van der Waals surface area contributed by atoms with Gasteiger partial charge >= 0.3 is 0 Å². The minimum Gasteiger partial charge on any atom is -0.409 e. The Balaban J connectivity index is 1.57. The van der Waals surface area contributed by atoms with Gasteiger partial charge < -0.3 is 9.52 Å². The van der Waals surface area contributed by atoms with E-state index in [1.807, 2.05) is 48.5 Å². The quantitative estimate of drug-likeness (QED) is 0.503. The van der Waals surface area contributed by atoms with E-state index in [1.54, 1.807) is 10.9 Å². The highest BCUT2D eigenvalue weighted by molar-refractivity contribution is 7.71. The molecule has 0 amide bonds. The van der Waals surface area contributed by atoms with Gasteiger partial charge in [-0.25, -0.2) is 9.67 Å². The third-order valence-electron chi connectivity index (χ3n) is 5.29. The normalized spacial score (nSPS) is 17.4. The summed E-state index contributed by atoms with van der Waals surface area (Å²) >= 11 is 5.44. The van der Waals surface area contributed by atoms with Gasteiger partial charge in [0.1, 0.15) is 0 Å². The Labute approximate surface area is 178 Å². The van der Waals surface area contributed by atoms with Crippen molar-refractivity contribution in [2.24, 2.45) is 0 Å². The zero-order chi connectivity index (χ0) is 20.5. The lowest BCUT2D eigenvalue weighted by Crippen LogP contribution is -2.39. The highest BCUT2D eigenvalue weighted by atomic mass is 32.1. The largest absolute Gasteiger partial charge is 0.409 e. The van der Waals surface area contributed by atoms with Gasteiger partial charge in [0.15, 0.2) is 0 Å². The van der Waals surface area contributed by atoms with E-state index >= 15 is 0 Å². The van der Waals surface area contributed by atoms with Crippen molar-refractivity contribution < 1.29 is 9.52 Å². The van der Waals surface area contributed by atoms with Crippen molar-refractivity contribution in [1.29, 1.82) is 0 Å². The summed E-state index contributed by atoms with van der Waals surface area (Å²) in [5.41, 5.74) is 3.19. The second kappa shape index (κ2) is 8.06. The molecule has 1 saturated heterocycles. The maximum atomic E-state index is 9.93. The average molecular weight is 420 g/mol. The average Bonchev–Trinajstić information content (AvgIpc) is 3.13. The molecular formula is C22H21N5O2S. The van der Waals surface area contributed by atoms with Crippen molar-refractivity contribution in [3.05, 3.63) is 59.6 Å². The molecular weight excluding hydrogens is 398 g/mol. The summed E-state index contributed by atoms with van der Waals surface area (Å²) in [7, 11) is 0. The van der Waals surface area contributed by atoms with Crippen molar-refractivity contribution in [1.82, 2.24) is 24.6 Å². The fraction of sp³-hybridized carbons (Fsp3) is 0.273. The summed E-state index contributed by atoms with van der Waals surface area (Å²) in [5.74, 6) is 0.452. The molecule has 152 valence electrons. The molecule has 1 fully saturated rings. The molecule has 7 nitrogen and oxygen atoms in total. The van der Waals surface area contributed by atoms with Crippen LogP contribution in [0.5, 0.6) is 0 Å². The van der Waals surface area contributed by atoms with Crippen molar-refractivity contribution in [3.63, 3.8) is 0 Å². The molecule has 30 heavy (non-hydrogen) atoms. The molecule has 3 aromatic heterocycles. The number of piperidine rings is 1.